The molecule has 1 atom stereocenters. The van der Waals surface area contributed by atoms with E-state index in [1.54, 1.807) is 19.1 Å². The van der Waals surface area contributed by atoms with Crippen molar-refractivity contribution < 1.29 is 4.79 Å². The summed E-state index contributed by atoms with van der Waals surface area (Å²) in [4.78, 5) is 10.5. The summed E-state index contributed by atoms with van der Waals surface area (Å²) in [6, 6.07) is 1.87. The van der Waals surface area contributed by atoms with Gasteiger partial charge in [-0.1, -0.05) is 12.2 Å². The lowest BCUT2D eigenvalue weighted by molar-refractivity contribution is -0.118. The Bertz CT molecular complexity index is 164. The van der Waals surface area contributed by atoms with E-state index in [1.165, 1.54) is 6.92 Å². The van der Waals surface area contributed by atoms with Crippen LogP contribution in [0.4, 0.5) is 0 Å². The fourth-order valence-electron chi connectivity index (χ4n) is 0.462. The van der Waals surface area contributed by atoms with Crippen molar-refractivity contribution in [3.63, 3.8) is 0 Å². The summed E-state index contributed by atoms with van der Waals surface area (Å²) in [6.07, 6.45) is 3.29. The van der Waals surface area contributed by atoms with Gasteiger partial charge in [0.2, 0.25) is 0 Å². The Morgan fingerprint density at radius 1 is 1.78 bits per heavy atom. The highest BCUT2D eigenvalue weighted by atomic mass is 16.1. The van der Waals surface area contributed by atoms with Gasteiger partial charge in [-0.15, -0.1) is 0 Å². The number of nitriles is 1. The highest BCUT2D eigenvalue weighted by molar-refractivity contribution is 5.82. The van der Waals surface area contributed by atoms with Gasteiger partial charge in [0.1, 0.15) is 5.92 Å². The first-order chi connectivity index (χ1) is 4.22. The summed E-state index contributed by atoms with van der Waals surface area (Å²) in [5, 5.41) is 8.31. The van der Waals surface area contributed by atoms with Gasteiger partial charge in [0.05, 0.1) is 6.07 Å². The summed E-state index contributed by atoms with van der Waals surface area (Å²) in [7, 11) is 0. The van der Waals surface area contributed by atoms with E-state index in [1.807, 2.05) is 6.07 Å². The Balaban J connectivity index is 4.04. The number of allylic oxidation sites excluding steroid dienone is 2. The molecule has 0 heterocycles. The number of rotatable bonds is 2. The molecule has 0 aromatic carbocycles. The zero-order chi connectivity index (χ0) is 7.28. The third kappa shape index (κ3) is 2.65. The lowest BCUT2D eigenvalue weighted by atomic mass is 10.1. The summed E-state index contributed by atoms with van der Waals surface area (Å²) in [5.74, 6) is -0.648. The third-order valence-corrected chi connectivity index (χ3v) is 0.962. The largest absolute Gasteiger partial charge is 0.298 e. The zero-order valence-electron chi connectivity index (χ0n) is 5.59. The molecule has 2 nitrogen and oxygen atoms in total. The molecule has 9 heavy (non-hydrogen) atoms. The average molecular weight is 123 g/mol. The van der Waals surface area contributed by atoms with E-state index in [9.17, 15) is 4.79 Å². The smallest absolute Gasteiger partial charge is 0.150 e. The van der Waals surface area contributed by atoms with E-state index in [0.29, 0.717) is 0 Å². The normalized spacial score (nSPS) is 13.0. The molecule has 0 bridgehead atoms. The van der Waals surface area contributed by atoms with Crippen LogP contribution in [0.2, 0.25) is 0 Å². The van der Waals surface area contributed by atoms with Crippen molar-refractivity contribution in [3.05, 3.63) is 12.2 Å². The van der Waals surface area contributed by atoms with Crippen LogP contribution in [0.5, 0.6) is 0 Å². The van der Waals surface area contributed by atoms with Gasteiger partial charge >= 0.3 is 0 Å². The Hall–Kier alpha value is -1.10. The predicted octanol–water partition coefficient (Wildman–Crippen LogP) is 1.29. The topological polar surface area (TPSA) is 40.9 Å². The van der Waals surface area contributed by atoms with Crippen molar-refractivity contribution in [1.29, 1.82) is 5.26 Å². The molecule has 0 aliphatic heterocycles. The summed E-state index contributed by atoms with van der Waals surface area (Å²) in [5.41, 5.74) is 0. The molecule has 0 fully saturated rings. The van der Waals surface area contributed by atoms with Crippen LogP contribution in [0.3, 0.4) is 0 Å². The van der Waals surface area contributed by atoms with Gasteiger partial charge in [-0.05, 0) is 13.8 Å². The molecule has 0 spiro atoms. The maximum Gasteiger partial charge on any atom is 0.150 e. The highest BCUT2D eigenvalue weighted by Crippen LogP contribution is 1.96. The SMILES string of the molecule is CC=CC(C#N)C(C)=O. The van der Waals surface area contributed by atoms with Crippen molar-refractivity contribution in [2.75, 3.05) is 0 Å². The van der Waals surface area contributed by atoms with Gasteiger partial charge < -0.3 is 0 Å². The molecule has 0 aromatic rings. The second-order valence-electron chi connectivity index (χ2n) is 1.74. The lowest BCUT2D eigenvalue weighted by Gasteiger charge is -1.92. The Morgan fingerprint density at radius 2 is 2.33 bits per heavy atom. The standard InChI is InChI=1S/C7H9NO/c1-3-4-7(5-8)6(2)9/h3-4,7H,1-2H3. The average Bonchev–Trinajstić information content (AvgIpc) is 1.82. The van der Waals surface area contributed by atoms with Crippen LogP contribution in [0.1, 0.15) is 13.8 Å². The summed E-state index contributed by atoms with van der Waals surface area (Å²) >= 11 is 0. The monoisotopic (exact) mass is 123 g/mol. The number of ketones is 1. The van der Waals surface area contributed by atoms with E-state index < -0.39 is 5.92 Å². The minimum Gasteiger partial charge on any atom is -0.298 e. The highest BCUT2D eigenvalue weighted by Gasteiger charge is 2.06. The third-order valence-electron chi connectivity index (χ3n) is 0.962. The van der Waals surface area contributed by atoms with Crippen molar-refractivity contribution >= 4 is 5.78 Å². The molecule has 48 valence electrons. The van der Waals surface area contributed by atoms with Crippen LogP contribution >= 0.6 is 0 Å². The van der Waals surface area contributed by atoms with Crippen molar-refractivity contribution in [2.24, 2.45) is 5.92 Å². The molecule has 0 aliphatic carbocycles. The van der Waals surface area contributed by atoms with E-state index >= 15 is 0 Å². The van der Waals surface area contributed by atoms with Crippen molar-refractivity contribution in [2.45, 2.75) is 13.8 Å². The first kappa shape index (κ1) is 7.90. The predicted molar refractivity (Wildman–Crippen MR) is 34.6 cm³/mol. The summed E-state index contributed by atoms with van der Waals surface area (Å²) < 4.78 is 0. The minimum absolute atomic E-state index is 0.101. The molecule has 0 aliphatic rings. The van der Waals surface area contributed by atoms with Gasteiger partial charge in [-0.3, -0.25) is 4.79 Å². The molecule has 0 saturated heterocycles. The Kier molecular flexibility index (Phi) is 3.38. The zero-order valence-corrected chi connectivity index (χ0v) is 5.59. The van der Waals surface area contributed by atoms with Crippen LogP contribution in [-0.2, 0) is 4.79 Å². The number of carbonyl (C=O) groups is 1. The minimum atomic E-state index is -0.546. The van der Waals surface area contributed by atoms with Crippen LogP contribution in [0.15, 0.2) is 12.2 Å². The van der Waals surface area contributed by atoms with Crippen LogP contribution in [0, 0.1) is 17.2 Å². The number of Topliss-reactive ketones (excluding diaryl/α,β-unsaturated/α-hetero) is 1. The molecule has 2 heteroatoms. The fraction of sp³-hybridized carbons (Fsp3) is 0.429. The van der Waals surface area contributed by atoms with Gasteiger partial charge in [0, 0.05) is 0 Å². The van der Waals surface area contributed by atoms with Gasteiger partial charge in [0.15, 0.2) is 5.78 Å². The molecule has 0 amide bonds. The van der Waals surface area contributed by atoms with Crippen LogP contribution in [0.25, 0.3) is 0 Å². The molecular weight excluding hydrogens is 114 g/mol. The van der Waals surface area contributed by atoms with Crippen LogP contribution < -0.4 is 0 Å². The summed E-state index contributed by atoms with van der Waals surface area (Å²) in [6.45, 7) is 3.20. The molecule has 0 saturated carbocycles. The van der Waals surface area contributed by atoms with Crippen molar-refractivity contribution in [1.82, 2.24) is 0 Å². The maximum atomic E-state index is 10.5. The van der Waals surface area contributed by atoms with Gasteiger partial charge in [0.25, 0.3) is 0 Å². The van der Waals surface area contributed by atoms with Crippen molar-refractivity contribution in [3.8, 4) is 6.07 Å². The number of carbonyl (C=O) groups excluding carboxylic acids is 1. The Labute approximate surface area is 54.8 Å². The first-order valence-electron chi connectivity index (χ1n) is 2.75. The lowest BCUT2D eigenvalue weighted by Crippen LogP contribution is -2.03. The van der Waals surface area contributed by atoms with E-state index in [2.05, 4.69) is 0 Å². The van der Waals surface area contributed by atoms with E-state index in [4.69, 9.17) is 5.26 Å². The number of hydrogen-bond donors (Lipinski definition) is 0. The molecule has 0 rings (SSSR count). The van der Waals surface area contributed by atoms with Crippen LogP contribution in [-0.4, -0.2) is 5.78 Å². The van der Waals surface area contributed by atoms with Gasteiger partial charge in [-0.25, -0.2) is 0 Å². The number of hydrogen-bond acceptors (Lipinski definition) is 2. The van der Waals surface area contributed by atoms with Gasteiger partial charge in [-0.2, -0.15) is 5.26 Å². The molecule has 0 radical (unpaired) electrons. The molecule has 0 N–H and O–H groups in total. The fourth-order valence-corrected chi connectivity index (χ4v) is 0.462. The van der Waals surface area contributed by atoms with E-state index in [0.717, 1.165) is 0 Å². The molecule has 1 unspecified atom stereocenters. The second kappa shape index (κ2) is 3.85. The van der Waals surface area contributed by atoms with E-state index in [-0.39, 0.29) is 5.78 Å². The quantitative estimate of drug-likeness (QED) is 0.519. The number of nitrogens with zero attached hydrogens (tertiary/aromatic N) is 1. The molecular formula is C7H9NO. The maximum absolute atomic E-state index is 10.5. The molecule has 0 aromatic heterocycles. The second-order valence-corrected chi connectivity index (χ2v) is 1.74. The Morgan fingerprint density at radius 3 is 2.44 bits per heavy atom. The first-order valence-corrected chi connectivity index (χ1v) is 2.75.